The molecule has 0 unspecified atom stereocenters. The summed E-state index contributed by atoms with van der Waals surface area (Å²) in [6.45, 7) is 0.153. The smallest absolute Gasteiger partial charge is 0.359 e. The van der Waals surface area contributed by atoms with Gasteiger partial charge in [0, 0.05) is 29.9 Å². The van der Waals surface area contributed by atoms with Crippen LogP contribution in [0.4, 0.5) is 0 Å². The first-order valence-electron chi connectivity index (χ1n) is 7.89. The molecule has 3 aromatic heterocycles. The fourth-order valence-corrected chi connectivity index (χ4v) is 2.68. The molecular formula is C18H17N3O3. The van der Waals surface area contributed by atoms with E-state index in [0.717, 1.165) is 29.7 Å². The van der Waals surface area contributed by atoms with Gasteiger partial charge in [-0.15, -0.1) is 0 Å². The highest BCUT2D eigenvalue weighted by Gasteiger charge is 2.30. The number of methoxy groups -OCH3 is 1. The van der Waals surface area contributed by atoms with Crippen LogP contribution in [-0.4, -0.2) is 27.4 Å². The van der Waals surface area contributed by atoms with Gasteiger partial charge in [0.25, 0.3) is 0 Å². The Morgan fingerprint density at radius 1 is 1.29 bits per heavy atom. The number of hydrogen-bond acceptors (Lipinski definition) is 5. The van der Waals surface area contributed by atoms with Crippen LogP contribution in [0.1, 0.15) is 40.6 Å². The average molecular weight is 323 g/mol. The molecule has 0 aromatic carbocycles. The molecule has 0 bridgehead atoms. The summed E-state index contributed by atoms with van der Waals surface area (Å²) >= 11 is 0. The van der Waals surface area contributed by atoms with Crippen LogP contribution >= 0.6 is 0 Å². The topological polar surface area (TPSA) is 65.7 Å². The Kier molecular flexibility index (Phi) is 3.65. The van der Waals surface area contributed by atoms with Gasteiger partial charge >= 0.3 is 5.97 Å². The van der Waals surface area contributed by atoms with Crippen LogP contribution in [0, 0.1) is 0 Å². The number of esters is 1. The normalized spacial score (nSPS) is 13.9. The SMILES string of the molecule is COc1ccc(COC(=O)c2nc(C3CC3)n3ccccc23)cn1. The van der Waals surface area contributed by atoms with Crippen molar-refractivity contribution in [1.82, 2.24) is 14.4 Å². The number of hydrogen-bond donors (Lipinski definition) is 0. The minimum atomic E-state index is -0.415. The number of nitrogens with zero attached hydrogens (tertiary/aromatic N) is 3. The second-order valence-electron chi connectivity index (χ2n) is 5.83. The van der Waals surface area contributed by atoms with Gasteiger partial charge in [-0.05, 0) is 31.0 Å². The van der Waals surface area contributed by atoms with Gasteiger partial charge in [-0.3, -0.25) is 0 Å². The molecule has 1 saturated carbocycles. The molecule has 1 aliphatic carbocycles. The van der Waals surface area contributed by atoms with Crippen molar-refractivity contribution in [2.75, 3.05) is 7.11 Å². The molecule has 6 nitrogen and oxygen atoms in total. The van der Waals surface area contributed by atoms with Crippen molar-refractivity contribution in [3.8, 4) is 5.88 Å². The molecule has 4 rings (SSSR count). The van der Waals surface area contributed by atoms with Gasteiger partial charge in [0.05, 0.1) is 12.6 Å². The number of pyridine rings is 2. The molecule has 6 heteroatoms. The summed E-state index contributed by atoms with van der Waals surface area (Å²) in [5.74, 6) is 1.51. The maximum Gasteiger partial charge on any atom is 0.359 e. The third-order valence-electron chi connectivity index (χ3n) is 4.09. The van der Waals surface area contributed by atoms with E-state index in [9.17, 15) is 4.79 Å². The molecule has 122 valence electrons. The summed E-state index contributed by atoms with van der Waals surface area (Å²) in [7, 11) is 1.56. The number of rotatable bonds is 5. The molecule has 0 N–H and O–H groups in total. The fourth-order valence-electron chi connectivity index (χ4n) is 2.68. The Morgan fingerprint density at radius 3 is 2.88 bits per heavy atom. The van der Waals surface area contributed by atoms with Crippen molar-refractivity contribution >= 4 is 11.5 Å². The van der Waals surface area contributed by atoms with Crippen LogP contribution in [0.3, 0.4) is 0 Å². The molecule has 0 saturated heterocycles. The molecule has 0 aliphatic heterocycles. The molecule has 3 heterocycles. The first-order valence-corrected chi connectivity index (χ1v) is 7.89. The van der Waals surface area contributed by atoms with Crippen molar-refractivity contribution in [2.24, 2.45) is 0 Å². The zero-order chi connectivity index (χ0) is 16.5. The standard InChI is InChI=1S/C18H17N3O3/c1-23-15-8-5-12(10-19-15)11-24-18(22)16-14-4-2-3-9-21(14)17(20-16)13-6-7-13/h2-5,8-10,13H,6-7,11H2,1H3. The molecule has 1 fully saturated rings. The lowest BCUT2D eigenvalue weighted by Gasteiger charge is -2.04. The molecule has 3 aromatic rings. The van der Waals surface area contributed by atoms with Gasteiger partial charge in [-0.25, -0.2) is 14.8 Å². The number of fused-ring (bicyclic) bond motifs is 1. The Morgan fingerprint density at radius 2 is 2.17 bits per heavy atom. The van der Waals surface area contributed by atoms with Crippen LogP contribution in [0.25, 0.3) is 5.52 Å². The van der Waals surface area contributed by atoms with Crippen molar-refractivity contribution in [3.63, 3.8) is 0 Å². The van der Waals surface area contributed by atoms with Crippen molar-refractivity contribution in [2.45, 2.75) is 25.4 Å². The van der Waals surface area contributed by atoms with Crippen LogP contribution in [0.15, 0.2) is 42.7 Å². The van der Waals surface area contributed by atoms with Crippen LogP contribution < -0.4 is 4.74 Å². The minimum Gasteiger partial charge on any atom is -0.481 e. The minimum absolute atomic E-state index is 0.153. The Hall–Kier alpha value is -2.89. The van der Waals surface area contributed by atoms with E-state index in [0.29, 0.717) is 17.5 Å². The Bertz CT molecular complexity index is 882. The van der Waals surface area contributed by atoms with E-state index in [4.69, 9.17) is 9.47 Å². The predicted octanol–water partition coefficient (Wildman–Crippen LogP) is 2.97. The second-order valence-corrected chi connectivity index (χ2v) is 5.83. The maximum absolute atomic E-state index is 12.5. The molecule has 0 atom stereocenters. The van der Waals surface area contributed by atoms with E-state index in [-0.39, 0.29) is 6.61 Å². The van der Waals surface area contributed by atoms with Crippen LogP contribution in [-0.2, 0) is 11.3 Å². The highest BCUT2D eigenvalue weighted by atomic mass is 16.5. The fraction of sp³-hybridized carbons (Fsp3) is 0.278. The van der Waals surface area contributed by atoms with Gasteiger partial charge in [-0.2, -0.15) is 0 Å². The summed E-state index contributed by atoms with van der Waals surface area (Å²) in [6, 6.07) is 9.29. The second kappa shape index (κ2) is 5.96. The number of carbonyl (C=O) groups excluding carboxylic acids is 1. The van der Waals surface area contributed by atoms with E-state index in [1.54, 1.807) is 19.4 Å². The molecule has 24 heavy (non-hydrogen) atoms. The molecule has 0 radical (unpaired) electrons. The van der Waals surface area contributed by atoms with Gasteiger partial charge in [0.1, 0.15) is 12.4 Å². The summed E-state index contributed by atoms with van der Waals surface area (Å²) in [5, 5.41) is 0. The monoisotopic (exact) mass is 323 g/mol. The van der Waals surface area contributed by atoms with Crippen LogP contribution in [0.5, 0.6) is 5.88 Å². The van der Waals surface area contributed by atoms with Crippen molar-refractivity contribution in [1.29, 1.82) is 0 Å². The molecular weight excluding hydrogens is 306 g/mol. The third kappa shape index (κ3) is 2.71. The zero-order valence-corrected chi connectivity index (χ0v) is 13.3. The highest BCUT2D eigenvalue weighted by molar-refractivity contribution is 5.95. The first kappa shape index (κ1) is 14.7. The number of imidazole rings is 1. The largest absolute Gasteiger partial charge is 0.481 e. The van der Waals surface area contributed by atoms with Gasteiger partial charge < -0.3 is 13.9 Å². The first-order chi connectivity index (χ1) is 11.8. The zero-order valence-electron chi connectivity index (χ0n) is 13.3. The van der Waals surface area contributed by atoms with E-state index < -0.39 is 5.97 Å². The van der Waals surface area contributed by atoms with E-state index in [2.05, 4.69) is 9.97 Å². The Balaban J connectivity index is 1.54. The average Bonchev–Trinajstić information content (AvgIpc) is 3.40. The van der Waals surface area contributed by atoms with Gasteiger partial charge in [0.2, 0.25) is 5.88 Å². The van der Waals surface area contributed by atoms with Crippen LogP contribution in [0.2, 0.25) is 0 Å². The highest BCUT2D eigenvalue weighted by Crippen LogP contribution is 2.40. The van der Waals surface area contributed by atoms with Crippen molar-refractivity contribution in [3.05, 3.63) is 59.8 Å². The maximum atomic E-state index is 12.5. The van der Waals surface area contributed by atoms with E-state index in [1.165, 1.54) is 0 Å². The van der Waals surface area contributed by atoms with Gasteiger partial charge in [-0.1, -0.05) is 6.07 Å². The summed E-state index contributed by atoms with van der Waals surface area (Å²) in [6.07, 6.45) is 5.83. The lowest BCUT2D eigenvalue weighted by Crippen LogP contribution is -2.06. The molecule has 0 spiro atoms. The van der Waals surface area contributed by atoms with E-state index >= 15 is 0 Å². The number of ether oxygens (including phenoxy) is 2. The van der Waals surface area contributed by atoms with Crippen molar-refractivity contribution < 1.29 is 14.3 Å². The Labute approximate surface area is 139 Å². The third-order valence-corrected chi connectivity index (χ3v) is 4.09. The van der Waals surface area contributed by atoms with Gasteiger partial charge in [0.15, 0.2) is 5.69 Å². The lowest BCUT2D eigenvalue weighted by molar-refractivity contribution is 0.0468. The summed E-state index contributed by atoms with van der Waals surface area (Å²) in [5.41, 5.74) is 1.96. The molecule has 0 amide bonds. The summed E-state index contributed by atoms with van der Waals surface area (Å²) < 4.78 is 12.4. The predicted molar refractivity (Wildman–Crippen MR) is 87.1 cm³/mol. The summed E-state index contributed by atoms with van der Waals surface area (Å²) in [4.78, 5) is 21.1. The molecule has 1 aliphatic rings. The number of carbonyl (C=O) groups is 1. The quantitative estimate of drug-likeness (QED) is 0.675. The number of aromatic nitrogens is 3. The lowest BCUT2D eigenvalue weighted by atomic mass is 10.3. The van der Waals surface area contributed by atoms with E-state index in [1.807, 2.05) is 34.9 Å².